The summed E-state index contributed by atoms with van der Waals surface area (Å²) < 4.78 is 12.8. The van der Waals surface area contributed by atoms with Crippen LogP contribution in [0.15, 0.2) is 12.3 Å². The van der Waals surface area contributed by atoms with E-state index in [1.54, 1.807) is 10.9 Å². The number of nitrogens with zero attached hydrogens (tertiary/aromatic N) is 3. The zero-order chi connectivity index (χ0) is 17.6. The quantitative estimate of drug-likeness (QED) is 0.748. The first-order valence-electron chi connectivity index (χ1n) is 8.67. The molecule has 0 aromatic carbocycles. The zero-order valence-corrected chi connectivity index (χ0v) is 14.7. The van der Waals surface area contributed by atoms with Gasteiger partial charge in [-0.25, -0.2) is 9.78 Å². The van der Waals surface area contributed by atoms with E-state index >= 15 is 0 Å². The van der Waals surface area contributed by atoms with E-state index in [0.29, 0.717) is 25.4 Å². The summed E-state index contributed by atoms with van der Waals surface area (Å²) in [6.07, 6.45) is 4.84. The van der Waals surface area contributed by atoms with Crippen LogP contribution in [0.2, 0.25) is 0 Å². The molecule has 2 aromatic heterocycles. The van der Waals surface area contributed by atoms with Crippen LogP contribution < -0.4 is 10.6 Å². The Hall–Kier alpha value is -2.19. The van der Waals surface area contributed by atoms with Crippen molar-refractivity contribution >= 4 is 22.8 Å². The standard InChI is InChI=1S/C17H25N5O3/c1-12-15-9-13(10-19-16(15)22(2)21-12)20-17(23)18-6-4-7-24-11-14-5-3-8-25-14/h9-10,14H,3-8,11H2,1-2H3,(H2,18,20,23). The molecule has 2 aromatic rings. The summed E-state index contributed by atoms with van der Waals surface area (Å²) in [4.78, 5) is 16.3. The number of hydrogen-bond donors (Lipinski definition) is 2. The highest BCUT2D eigenvalue weighted by Gasteiger charge is 2.15. The molecule has 1 atom stereocenters. The molecule has 1 saturated heterocycles. The Morgan fingerprint density at radius 1 is 1.52 bits per heavy atom. The molecule has 25 heavy (non-hydrogen) atoms. The van der Waals surface area contributed by atoms with Gasteiger partial charge in [0.05, 0.1) is 30.3 Å². The molecule has 136 valence electrons. The number of aryl methyl sites for hydroxylation is 2. The number of urea groups is 1. The van der Waals surface area contributed by atoms with Crippen LogP contribution in [0.4, 0.5) is 10.5 Å². The van der Waals surface area contributed by atoms with E-state index in [4.69, 9.17) is 9.47 Å². The molecule has 1 fully saturated rings. The molecule has 8 heteroatoms. The van der Waals surface area contributed by atoms with Crippen molar-refractivity contribution in [3.05, 3.63) is 18.0 Å². The fourth-order valence-corrected chi connectivity index (χ4v) is 2.92. The Morgan fingerprint density at radius 2 is 2.40 bits per heavy atom. The van der Waals surface area contributed by atoms with Crippen LogP contribution >= 0.6 is 0 Å². The second-order valence-electron chi connectivity index (χ2n) is 6.25. The topological polar surface area (TPSA) is 90.3 Å². The summed E-state index contributed by atoms with van der Waals surface area (Å²) in [5.41, 5.74) is 2.33. The number of anilines is 1. The van der Waals surface area contributed by atoms with Gasteiger partial charge in [0.15, 0.2) is 5.65 Å². The van der Waals surface area contributed by atoms with E-state index in [-0.39, 0.29) is 12.1 Å². The van der Waals surface area contributed by atoms with Crippen molar-refractivity contribution in [3.63, 3.8) is 0 Å². The molecule has 2 amide bonds. The number of carbonyl (C=O) groups is 1. The monoisotopic (exact) mass is 347 g/mol. The van der Waals surface area contributed by atoms with E-state index in [1.807, 2.05) is 20.0 Å². The number of ether oxygens (including phenoxy) is 2. The molecule has 0 bridgehead atoms. The van der Waals surface area contributed by atoms with E-state index in [9.17, 15) is 4.79 Å². The first-order valence-corrected chi connectivity index (χ1v) is 8.67. The summed E-state index contributed by atoms with van der Waals surface area (Å²) >= 11 is 0. The normalized spacial score (nSPS) is 17.1. The first kappa shape index (κ1) is 17.6. The lowest BCUT2D eigenvalue weighted by Gasteiger charge is -2.10. The number of carbonyl (C=O) groups excluding carboxylic acids is 1. The van der Waals surface area contributed by atoms with Crippen molar-refractivity contribution in [2.75, 3.05) is 31.7 Å². The minimum Gasteiger partial charge on any atom is -0.379 e. The lowest BCUT2D eigenvalue weighted by molar-refractivity contribution is 0.0168. The molecule has 0 aliphatic carbocycles. The van der Waals surface area contributed by atoms with Gasteiger partial charge in [-0.05, 0) is 32.3 Å². The number of aromatic nitrogens is 3. The maximum absolute atomic E-state index is 11.9. The second kappa shape index (κ2) is 8.26. The molecule has 1 unspecified atom stereocenters. The summed E-state index contributed by atoms with van der Waals surface area (Å²) in [7, 11) is 1.85. The maximum atomic E-state index is 11.9. The van der Waals surface area contributed by atoms with E-state index in [0.717, 1.165) is 42.6 Å². The minimum atomic E-state index is -0.248. The Labute approximate surface area is 146 Å². The first-order chi connectivity index (χ1) is 12.1. The summed E-state index contributed by atoms with van der Waals surface area (Å²) in [5, 5.41) is 10.9. The predicted octanol–water partition coefficient (Wildman–Crippen LogP) is 1.98. The van der Waals surface area contributed by atoms with Crippen molar-refractivity contribution in [2.45, 2.75) is 32.3 Å². The average molecular weight is 347 g/mol. The van der Waals surface area contributed by atoms with E-state index in [2.05, 4.69) is 20.7 Å². The molecule has 3 heterocycles. The lowest BCUT2D eigenvalue weighted by atomic mass is 10.2. The van der Waals surface area contributed by atoms with E-state index < -0.39 is 0 Å². The van der Waals surface area contributed by atoms with Gasteiger partial charge < -0.3 is 20.1 Å². The summed E-state index contributed by atoms with van der Waals surface area (Å²) in [6, 6.07) is 1.64. The van der Waals surface area contributed by atoms with Gasteiger partial charge in [-0.3, -0.25) is 4.68 Å². The van der Waals surface area contributed by atoms with Crippen molar-refractivity contribution in [1.29, 1.82) is 0 Å². The van der Waals surface area contributed by atoms with Gasteiger partial charge in [0.1, 0.15) is 0 Å². The largest absolute Gasteiger partial charge is 0.379 e. The molecule has 2 N–H and O–H groups in total. The fraction of sp³-hybridized carbons (Fsp3) is 0.588. The predicted molar refractivity (Wildman–Crippen MR) is 94.7 cm³/mol. The number of hydrogen-bond acceptors (Lipinski definition) is 5. The second-order valence-corrected chi connectivity index (χ2v) is 6.25. The summed E-state index contributed by atoms with van der Waals surface area (Å²) in [5.74, 6) is 0. The Morgan fingerprint density at radius 3 is 3.20 bits per heavy atom. The van der Waals surface area contributed by atoms with Crippen molar-refractivity contribution in [1.82, 2.24) is 20.1 Å². The molecule has 8 nitrogen and oxygen atoms in total. The Bertz CT molecular complexity index is 724. The highest BCUT2D eigenvalue weighted by molar-refractivity contribution is 5.91. The zero-order valence-electron chi connectivity index (χ0n) is 14.7. The molecule has 3 rings (SSSR count). The number of fused-ring (bicyclic) bond motifs is 1. The van der Waals surface area contributed by atoms with Gasteiger partial charge >= 0.3 is 6.03 Å². The molecular formula is C17H25N5O3. The third-order valence-corrected chi connectivity index (χ3v) is 4.20. The average Bonchev–Trinajstić information content (AvgIpc) is 3.20. The Kier molecular flexibility index (Phi) is 5.83. The van der Waals surface area contributed by atoms with Crippen LogP contribution in [-0.2, 0) is 16.5 Å². The van der Waals surface area contributed by atoms with Crippen molar-refractivity contribution in [2.24, 2.45) is 7.05 Å². The van der Waals surface area contributed by atoms with Gasteiger partial charge in [0, 0.05) is 32.2 Å². The number of amides is 2. The number of rotatable bonds is 7. The third kappa shape index (κ3) is 4.67. The molecule has 0 spiro atoms. The highest BCUT2D eigenvalue weighted by atomic mass is 16.5. The SMILES string of the molecule is Cc1nn(C)c2ncc(NC(=O)NCCCOCC3CCCO3)cc12. The molecule has 0 saturated carbocycles. The number of pyridine rings is 1. The van der Waals surface area contributed by atoms with Gasteiger partial charge in [0.25, 0.3) is 0 Å². The fourth-order valence-electron chi connectivity index (χ4n) is 2.92. The van der Waals surface area contributed by atoms with Gasteiger partial charge in [0.2, 0.25) is 0 Å². The van der Waals surface area contributed by atoms with Gasteiger partial charge in [-0.2, -0.15) is 5.10 Å². The Balaban J connectivity index is 1.36. The number of nitrogens with one attached hydrogen (secondary N) is 2. The third-order valence-electron chi connectivity index (χ3n) is 4.20. The van der Waals surface area contributed by atoms with Crippen LogP contribution in [0.1, 0.15) is 25.0 Å². The van der Waals surface area contributed by atoms with Crippen molar-refractivity contribution in [3.8, 4) is 0 Å². The van der Waals surface area contributed by atoms with Crippen LogP contribution in [-0.4, -0.2) is 53.3 Å². The van der Waals surface area contributed by atoms with E-state index in [1.165, 1.54) is 0 Å². The molecule has 1 aliphatic rings. The van der Waals surface area contributed by atoms with Crippen LogP contribution in [0.5, 0.6) is 0 Å². The highest BCUT2D eigenvalue weighted by Crippen LogP contribution is 2.19. The molecular weight excluding hydrogens is 322 g/mol. The molecule has 1 aliphatic heterocycles. The summed E-state index contributed by atoms with van der Waals surface area (Å²) in [6.45, 7) is 4.57. The maximum Gasteiger partial charge on any atom is 0.319 e. The lowest BCUT2D eigenvalue weighted by Crippen LogP contribution is -2.30. The van der Waals surface area contributed by atoms with Crippen LogP contribution in [0.25, 0.3) is 11.0 Å². The van der Waals surface area contributed by atoms with Crippen LogP contribution in [0.3, 0.4) is 0 Å². The van der Waals surface area contributed by atoms with Crippen molar-refractivity contribution < 1.29 is 14.3 Å². The van der Waals surface area contributed by atoms with Gasteiger partial charge in [-0.15, -0.1) is 0 Å². The smallest absolute Gasteiger partial charge is 0.319 e. The van der Waals surface area contributed by atoms with Crippen LogP contribution in [0, 0.1) is 6.92 Å². The minimum absolute atomic E-state index is 0.245. The molecule has 0 radical (unpaired) electrons. The van der Waals surface area contributed by atoms with Gasteiger partial charge in [-0.1, -0.05) is 0 Å².